The molecule has 2 aliphatic heterocycles. The van der Waals surface area contributed by atoms with Crippen LogP contribution >= 0.6 is 0 Å². The smallest absolute Gasteiger partial charge is 0.223 e. The highest BCUT2D eigenvalue weighted by Gasteiger charge is 2.51. The Bertz CT molecular complexity index is 808. The molecule has 2 N–H and O–H groups in total. The average molecular weight is 405 g/mol. The fourth-order valence-electron chi connectivity index (χ4n) is 3.44. The summed E-state index contributed by atoms with van der Waals surface area (Å²) in [5.41, 5.74) is 0. The van der Waals surface area contributed by atoms with E-state index in [1.54, 1.807) is 43.5 Å². The standard InChI is InChI=1S/C20H23NO8/c1-11(22)21-16-17(23)18-15(10-26-19(29-18)14-4-3-9-25-14)28-20(16)27-13-7-5-12(24-2)6-8-13/h3-9,15-20,23H,10H2,1-2H3,(H,21,22)/t15-,16-,17+,18+,19+,20-/m1/s1. The summed E-state index contributed by atoms with van der Waals surface area (Å²) in [4.78, 5) is 11.7. The molecule has 1 aromatic heterocycles. The Hall–Kier alpha value is -2.59. The van der Waals surface area contributed by atoms with Crippen molar-refractivity contribution in [3.63, 3.8) is 0 Å². The van der Waals surface area contributed by atoms with Gasteiger partial charge >= 0.3 is 0 Å². The molecule has 29 heavy (non-hydrogen) atoms. The van der Waals surface area contributed by atoms with Gasteiger partial charge in [-0.3, -0.25) is 4.79 Å². The van der Waals surface area contributed by atoms with Crippen LogP contribution in [0.4, 0.5) is 0 Å². The molecular formula is C20H23NO8. The molecule has 0 unspecified atom stereocenters. The fraction of sp³-hybridized carbons (Fsp3) is 0.450. The molecule has 2 aliphatic rings. The minimum atomic E-state index is -1.08. The Morgan fingerprint density at radius 3 is 2.59 bits per heavy atom. The van der Waals surface area contributed by atoms with E-state index < -0.39 is 36.9 Å². The lowest BCUT2D eigenvalue weighted by Gasteiger charge is -2.47. The van der Waals surface area contributed by atoms with Crippen molar-refractivity contribution in [1.82, 2.24) is 5.32 Å². The predicted molar refractivity (Wildman–Crippen MR) is 98.2 cm³/mol. The summed E-state index contributed by atoms with van der Waals surface area (Å²) in [6, 6.07) is 9.52. The fourth-order valence-corrected chi connectivity index (χ4v) is 3.44. The second kappa shape index (κ2) is 8.42. The number of amides is 1. The summed E-state index contributed by atoms with van der Waals surface area (Å²) >= 11 is 0. The van der Waals surface area contributed by atoms with Gasteiger partial charge in [-0.1, -0.05) is 0 Å². The van der Waals surface area contributed by atoms with Crippen LogP contribution in [-0.2, 0) is 19.0 Å². The third-order valence-electron chi connectivity index (χ3n) is 4.82. The average Bonchev–Trinajstić information content (AvgIpc) is 3.26. The number of hydrogen-bond donors (Lipinski definition) is 2. The lowest BCUT2D eigenvalue weighted by atomic mass is 9.96. The summed E-state index contributed by atoms with van der Waals surface area (Å²) in [6.07, 6.45) is -2.57. The molecule has 0 radical (unpaired) electrons. The van der Waals surface area contributed by atoms with Crippen LogP contribution in [-0.4, -0.2) is 55.4 Å². The van der Waals surface area contributed by atoms with E-state index in [0.29, 0.717) is 17.3 Å². The maximum absolute atomic E-state index is 11.7. The van der Waals surface area contributed by atoms with Crippen LogP contribution in [0.5, 0.6) is 11.5 Å². The molecule has 156 valence electrons. The van der Waals surface area contributed by atoms with Crippen molar-refractivity contribution in [3.05, 3.63) is 48.4 Å². The van der Waals surface area contributed by atoms with E-state index >= 15 is 0 Å². The molecule has 0 bridgehead atoms. The van der Waals surface area contributed by atoms with Gasteiger partial charge < -0.3 is 38.5 Å². The Kier molecular flexibility index (Phi) is 5.72. The van der Waals surface area contributed by atoms with Crippen molar-refractivity contribution in [2.75, 3.05) is 13.7 Å². The number of rotatable bonds is 5. The van der Waals surface area contributed by atoms with Crippen molar-refractivity contribution in [2.24, 2.45) is 0 Å². The number of methoxy groups -OCH3 is 1. The zero-order valence-electron chi connectivity index (χ0n) is 16.0. The van der Waals surface area contributed by atoms with Crippen molar-refractivity contribution >= 4 is 5.91 Å². The normalized spacial score (nSPS) is 31.6. The van der Waals surface area contributed by atoms with E-state index in [1.807, 2.05) is 0 Å². The summed E-state index contributed by atoms with van der Waals surface area (Å²) in [6.45, 7) is 1.53. The molecule has 2 aromatic rings. The van der Waals surface area contributed by atoms with Crippen molar-refractivity contribution in [2.45, 2.75) is 43.9 Å². The van der Waals surface area contributed by atoms with E-state index in [9.17, 15) is 9.90 Å². The van der Waals surface area contributed by atoms with Gasteiger partial charge in [0.2, 0.25) is 18.5 Å². The van der Waals surface area contributed by atoms with Crippen molar-refractivity contribution in [1.29, 1.82) is 0 Å². The van der Waals surface area contributed by atoms with Crippen LogP contribution in [0.25, 0.3) is 0 Å². The second-order valence-electron chi connectivity index (χ2n) is 6.83. The second-order valence-corrected chi connectivity index (χ2v) is 6.83. The van der Waals surface area contributed by atoms with Gasteiger partial charge in [-0.05, 0) is 36.4 Å². The Balaban J connectivity index is 1.51. The third-order valence-corrected chi connectivity index (χ3v) is 4.82. The Morgan fingerprint density at radius 2 is 1.93 bits per heavy atom. The molecule has 9 nitrogen and oxygen atoms in total. The highest BCUT2D eigenvalue weighted by Crippen LogP contribution is 2.35. The first kappa shape index (κ1) is 19.7. The lowest BCUT2D eigenvalue weighted by Crippen LogP contribution is -2.67. The number of aliphatic hydroxyl groups is 1. The molecule has 1 amide bonds. The minimum absolute atomic E-state index is 0.169. The summed E-state index contributed by atoms with van der Waals surface area (Å²) in [5.74, 6) is 1.35. The highest BCUT2D eigenvalue weighted by molar-refractivity contribution is 5.73. The largest absolute Gasteiger partial charge is 0.497 e. The summed E-state index contributed by atoms with van der Waals surface area (Å²) in [5, 5.41) is 13.7. The maximum Gasteiger partial charge on any atom is 0.223 e. The number of carbonyl (C=O) groups is 1. The topological polar surface area (TPSA) is 109 Å². The molecule has 2 fully saturated rings. The molecular weight excluding hydrogens is 382 g/mol. The molecule has 4 rings (SSSR count). The molecule has 0 spiro atoms. The van der Waals surface area contributed by atoms with Gasteiger partial charge in [-0.2, -0.15) is 0 Å². The third kappa shape index (κ3) is 4.23. The van der Waals surface area contributed by atoms with Gasteiger partial charge in [0.05, 0.1) is 20.0 Å². The van der Waals surface area contributed by atoms with Gasteiger partial charge in [0.15, 0.2) is 5.76 Å². The van der Waals surface area contributed by atoms with Crippen molar-refractivity contribution < 1.29 is 38.0 Å². The molecule has 2 saturated heterocycles. The molecule has 0 aliphatic carbocycles. The van der Waals surface area contributed by atoms with Gasteiger partial charge in [0.25, 0.3) is 0 Å². The maximum atomic E-state index is 11.7. The van der Waals surface area contributed by atoms with Crippen molar-refractivity contribution in [3.8, 4) is 11.5 Å². The van der Waals surface area contributed by atoms with Gasteiger partial charge in [-0.15, -0.1) is 0 Å². The van der Waals surface area contributed by atoms with E-state index in [-0.39, 0.29) is 12.5 Å². The zero-order valence-corrected chi connectivity index (χ0v) is 16.0. The number of nitrogens with one attached hydrogen (secondary N) is 1. The molecule has 9 heteroatoms. The molecule has 3 heterocycles. The SMILES string of the molecule is COc1ccc(O[C@@H]2O[C@@H]3CO[C@H](c4ccco4)O[C@@H]3[C@@H](O)[C@H]2NC(C)=O)cc1. The highest BCUT2D eigenvalue weighted by atomic mass is 16.8. The van der Waals surface area contributed by atoms with Crippen LogP contribution in [0, 0.1) is 0 Å². The molecule has 0 saturated carbocycles. The summed E-state index contributed by atoms with van der Waals surface area (Å²) in [7, 11) is 1.57. The van der Waals surface area contributed by atoms with Crippen LogP contribution < -0.4 is 14.8 Å². The number of hydrogen-bond acceptors (Lipinski definition) is 8. The van der Waals surface area contributed by atoms with E-state index in [1.165, 1.54) is 13.2 Å². The monoisotopic (exact) mass is 405 g/mol. The number of aliphatic hydroxyl groups excluding tert-OH is 1. The predicted octanol–water partition coefficient (Wildman–Crippen LogP) is 1.37. The van der Waals surface area contributed by atoms with Crippen LogP contribution in [0.2, 0.25) is 0 Å². The van der Waals surface area contributed by atoms with E-state index in [0.717, 1.165) is 0 Å². The number of carbonyl (C=O) groups excluding carboxylic acids is 1. The van der Waals surface area contributed by atoms with Gasteiger partial charge in [0.1, 0.15) is 35.9 Å². The lowest BCUT2D eigenvalue weighted by molar-refractivity contribution is -0.336. The molecule has 6 atom stereocenters. The first-order chi connectivity index (χ1) is 14.0. The Labute approximate surface area is 167 Å². The number of ether oxygens (including phenoxy) is 5. The quantitative estimate of drug-likeness (QED) is 0.768. The Morgan fingerprint density at radius 1 is 1.17 bits per heavy atom. The van der Waals surface area contributed by atoms with Gasteiger partial charge in [-0.25, -0.2) is 0 Å². The molecule has 1 aromatic carbocycles. The number of benzene rings is 1. The van der Waals surface area contributed by atoms with Crippen LogP contribution in [0.3, 0.4) is 0 Å². The minimum Gasteiger partial charge on any atom is -0.497 e. The summed E-state index contributed by atoms with van der Waals surface area (Å²) < 4.78 is 33.9. The van der Waals surface area contributed by atoms with Crippen LogP contribution in [0.1, 0.15) is 19.0 Å². The van der Waals surface area contributed by atoms with Crippen LogP contribution in [0.15, 0.2) is 47.1 Å². The van der Waals surface area contributed by atoms with Gasteiger partial charge in [0, 0.05) is 6.92 Å². The number of fused-ring (bicyclic) bond motifs is 1. The number of furan rings is 1. The first-order valence-electron chi connectivity index (χ1n) is 9.27. The van der Waals surface area contributed by atoms with E-state index in [4.69, 9.17) is 28.1 Å². The zero-order chi connectivity index (χ0) is 20.4. The first-order valence-corrected chi connectivity index (χ1v) is 9.27. The van der Waals surface area contributed by atoms with E-state index in [2.05, 4.69) is 5.32 Å².